The Labute approximate surface area is 254 Å². The molecule has 8 nitrogen and oxygen atoms in total. The van der Waals surface area contributed by atoms with Crippen molar-refractivity contribution in [3.05, 3.63) is 82.2 Å². The van der Waals surface area contributed by atoms with Gasteiger partial charge in [-0.2, -0.15) is 14.2 Å². The number of benzene rings is 1. The summed E-state index contributed by atoms with van der Waals surface area (Å²) >= 11 is 1.53. The van der Waals surface area contributed by atoms with E-state index in [1.165, 1.54) is 29.7 Å². The number of nitrogens with zero attached hydrogens (tertiary/aromatic N) is 4. The van der Waals surface area contributed by atoms with Gasteiger partial charge >= 0.3 is 5.97 Å². The van der Waals surface area contributed by atoms with E-state index in [1.807, 2.05) is 23.6 Å². The standard InChI is InChI=1S/C33H35FN4O4S/c1-3-41-33(40)26-19-35-38(32(26)34)29-6-4-5-27(36-29)31-25(13-16-43-31)20-42-28-10-9-24(17-21(28)2)23-11-14-37(15-12-23)30(39)18-22-7-8-22/h4-6,9-10,13,16-17,19,22-23H,3,7-8,11-12,14-15,18,20H2,1-2H3. The van der Waals surface area contributed by atoms with Crippen LogP contribution in [-0.4, -0.2) is 51.2 Å². The normalized spacial score (nSPS) is 15.5. The Balaban J connectivity index is 1.10. The second-order valence-electron chi connectivity index (χ2n) is 11.3. The highest BCUT2D eigenvalue weighted by molar-refractivity contribution is 7.13. The molecule has 4 aromatic rings. The van der Waals surface area contributed by atoms with Crippen LogP contribution in [0, 0.1) is 18.8 Å². The number of rotatable bonds is 10. The summed E-state index contributed by atoms with van der Waals surface area (Å²) in [5.74, 6) is 0.917. The van der Waals surface area contributed by atoms with E-state index in [4.69, 9.17) is 9.47 Å². The number of piperidine rings is 1. The molecule has 0 unspecified atom stereocenters. The Morgan fingerprint density at radius 1 is 1.09 bits per heavy atom. The minimum atomic E-state index is -0.815. The maximum Gasteiger partial charge on any atom is 0.344 e. The number of thiophene rings is 1. The van der Waals surface area contributed by atoms with E-state index in [0.717, 1.165) is 65.0 Å². The minimum Gasteiger partial charge on any atom is -0.489 e. The van der Waals surface area contributed by atoms with Crippen molar-refractivity contribution in [2.24, 2.45) is 5.92 Å². The van der Waals surface area contributed by atoms with Gasteiger partial charge in [0, 0.05) is 25.1 Å². The highest BCUT2D eigenvalue weighted by atomic mass is 32.1. The first-order valence-corrected chi connectivity index (χ1v) is 15.7. The number of hydrogen-bond acceptors (Lipinski definition) is 7. The summed E-state index contributed by atoms with van der Waals surface area (Å²) < 4.78 is 27.1. The van der Waals surface area contributed by atoms with Crippen LogP contribution in [0.5, 0.6) is 5.75 Å². The molecular formula is C33H35FN4O4S. The van der Waals surface area contributed by atoms with Crippen LogP contribution in [0.1, 0.15) is 72.0 Å². The van der Waals surface area contributed by atoms with E-state index >= 15 is 0 Å². The van der Waals surface area contributed by atoms with Crippen molar-refractivity contribution in [3.8, 4) is 22.1 Å². The fourth-order valence-corrected chi connectivity index (χ4v) is 6.47. The molecule has 0 spiro atoms. The molecule has 43 heavy (non-hydrogen) atoms. The van der Waals surface area contributed by atoms with E-state index in [1.54, 1.807) is 19.1 Å². The summed E-state index contributed by atoms with van der Waals surface area (Å²) in [5, 5.41) is 6.00. The summed E-state index contributed by atoms with van der Waals surface area (Å²) in [6.45, 7) is 5.90. The van der Waals surface area contributed by atoms with Crippen molar-refractivity contribution in [2.75, 3.05) is 19.7 Å². The van der Waals surface area contributed by atoms with E-state index in [-0.39, 0.29) is 18.0 Å². The van der Waals surface area contributed by atoms with Crippen molar-refractivity contribution in [1.29, 1.82) is 0 Å². The zero-order valence-corrected chi connectivity index (χ0v) is 25.2. The number of carbonyl (C=O) groups is 2. The van der Waals surface area contributed by atoms with Gasteiger partial charge in [0.1, 0.15) is 17.9 Å². The molecule has 2 aliphatic rings. The van der Waals surface area contributed by atoms with Crippen LogP contribution in [0.2, 0.25) is 0 Å². The maximum atomic E-state index is 15.0. The lowest BCUT2D eigenvalue weighted by Gasteiger charge is -2.32. The first-order valence-electron chi connectivity index (χ1n) is 14.9. The van der Waals surface area contributed by atoms with Gasteiger partial charge in [0.25, 0.3) is 0 Å². The van der Waals surface area contributed by atoms with Crippen LogP contribution >= 0.6 is 11.3 Å². The van der Waals surface area contributed by atoms with Gasteiger partial charge in [-0.05, 0) is 92.1 Å². The van der Waals surface area contributed by atoms with Gasteiger partial charge < -0.3 is 14.4 Å². The number of ether oxygens (including phenoxy) is 2. The van der Waals surface area contributed by atoms with Crippen LogP contribution in [0.25, 0.3) is 16.4 Å². The van der Waals surface area contributed by atoms with Crippen molar-refractivity contribution in [2.45, 2.75) is 58.5 Å². The first kappa shape index (κ1) is 29.0. The van der Waals surface area contributed by atoms with Gasteiger partial charge in [-0.25, -0.2) is 9.78 Å². The smallest absolute Gasteiger partial charge is 0.344 e. The lowest BCUT2D eigenvalue weighted by molar-refractivity contribution is -0.132. The maximum absolute atomic E-state index is 15.0. The molecule has 1 aliphatic heterocycles. The van der Waals surface area contributed by atoms with Gasteiger partial charge in [0.2, 0.25) is 11.9 Å². The lowest BCUT2D eigenvalue weighted by Crippen LogP contribution is -2.38. The molecule has 0 radical (unpaired) electrons. The Morgan fingerprint density at radius 3 is 2.65 bits per heavy atom. The molecule has 2 fully saturated rings. The van der Waals surface area contributed by atoms with E-state index in [9.17, 15) is 14.0 Å². The third-order valence-electron chi connectivity index (χ3n) is 8.20. The fourth-order valence-electron chi connectivity index (χ4n) is 5.59. The second-order valence-corrected chi connectivity index (χ2v) is 12.2. The predicted octanol–water partition coefficient (Wildman–Crippen LogP) is 6.71. The quantitative estimate of drug-likeness (QED) is 0.188. The molecule has 1 aliphatic carbocycles. The molecule has 4 heterocycles. The van der Waals surface area contributed by atoms with Crippen molar-refractivity contribution in [3.63, 3.8) is 0 Å². The summed E-state index contributed by atoms with van der Waals surface area (Å²) in [6, 6.07) is 13.7. The molecule has 0 bridgehead atoms. The number of hydrogen-bond donors (Lipinski definition) is 0. The van der Waals surface area contributed by atoms with Crippen molar-refractivity contribution in [1.82, 2.24) is 19.7 Å². The number of aromatic nitrogens is 3. The largest absolute Gasteiger partial charge is 0.489 e. The van der Waals surface area contributed by atoms with Gasteiger partial charge in [-0.1, -0.05) is 18.2 Å². The number of amides is 1. The van der Waals surface area contributed by atoms with E-state index in [0.29, 0.717) is 30.0 Å². The minimum absolute atomic E-state index is 0.146. The highest BCUT2D eigenvalue weighted by Crippen LogP contribution is 2.36. The SMILES string of the molecule is CCOC(=O)c1cnn(-c2cccc(-c3sccc3COc3ccc(C4CCN(C(=O)CC5CC5)CC4)cc3C)n2)c1F. The highest BCUT2D eigenvalue weighted by Gasteiger charge is 2.29. The van der Waals surface area contributed by atoms with Crippen LogP contribution in [-0.2, 0) is 16.1 Å². The predicted molar refractivity (Wildman–Crippen MR) is 162 cm³/mol. The van der Waals surface area contributed by atoms with Crippen LogP contribution in [0.3, 0.4) is 0 Å². The average molecular weight is 603 g/mol. The van der Waals surface area contributed by atoms with E-state index in [2.05, 4.69) is 34.0 Å². The molecule has 0 atom stereocenters. The number of carbonyl (C=O) groups excluding carboxylic acids is 2. The zero-order valence-electron chi connectivity index (χ0n) is 24.4. The van der Waals surface area contributed by atoms with Crippen LogP contribution in [0.15, 0.2) is 54.0 Å². The summed E-state index contributed by atoms with van der Waals surface area (Å²) in [6.07, 6.45) is 6.28. The van der Waals surface area contributed by atoms with E-state index < -0.39 is 11.9 Å². The molecule has 1 saturated carbocycles. The van der Waals surface area contributed by atoms with Gasteiger partial charge in [-0.15, -0.1) is 11.3 Å². The zero-order chi connectivity index (χ0) is 29.9. The third-order valence-corrected chi connectivity index (χ3v) is 9.18. The average Bonchev–Trinajstić information content (AvgIpc) is 3.55. The molecular weight excluding hydrogens is 567 g/mol. The fraction of sp³-hybridized carbons (Fsp3) is 0.394. The Hall–Kier alpha value is -4.05. The lowest BCUT2D eigenvalue weighted by atomic mass is 9.88. The Kier molecular flexibility index (Phi) is 8.56. The Morgan fingerprint density at radius 2 is 1.91 bits per heavy atom. The second kappa shape index (κ2) is 12.7. The molecule has 0 N–H and O–H groups in total. The number of aryl methyl sites for hydroxylation is 1. The Bertz CT molecular complexity index is 1620. The van der Waals surface area contributed by atoms with Crippen molar-refractivity contribution >= 4 is 23.2 Å². The molecule has 6 rings (SSSR count). The molecule has 3 aromatic heterocycles. The van der Waals surface area contributed by atoms with Gasteiger partial charge in [0.05, 0.1) is 23.4 Å². The summed E-state index contributed by atoms with van der Waals surface area (Å²) in [7, 11) is 0. The number of halogens is 1. The summed E-state index contributed by atoms with van der Waals surface area (Å²) in [5.41, 5.74) is 3.77. The molecule has 1 aromatic carbocycles. The topological polar surface area (TPSA) is 86.5 Å². The number of esters is 1. The summed E-state index contributed by atoms with van der Waals surface area (Å²) in [4.78, 5) is 32.1. The number of likely N-dealkylation sites (tertiary alicyclic amines) is 1. The van der Waals surface area contributed by atoms with Crippen molar-refractivity contribution < 1.29 is 23.5 Å². The van der Waals surface area contributed by atoms with Gasteiger partial charge in [-0.3, -0.25) is 4.79 Å². The molecule has 1 amide bonds. The number of pyridine rings is 1. The first-order chi connectivity index (χ1) is 20.9. The molecule has 1 saturated heterocycles. The molecule has 10 heteroatoms. The monoisotopic (exact) mass is 602 g/mol. The van der Waals surface area contributed by atoms with Crippen LogP contribution in [0.4, 0.5) is 4.39 Å². The van der Waals surface area contributed by atoms with Crippen LogP contribution < -0.4 is 4.74 Å². The van der Waals surface area contributed by atoms with Gasteiger partial charge in [0.15, 0.2) is 5.82 Å². The molecule has 224 valence electrons. The third kappa shape index (κ3) is 6.49.